The molecule has 9 nitrogen and oxygen atoms in total. The van der Waals surface area contributed by atoms with E-state index in [1.54, 1.807) is 0 Å². The molecule has 2 aromatic heterocycles. The maximum atomic E-state index is 9.50. The predicted molar refractivity (Wildman–Crippen MR) is 97.2 cm³/mol. The van der Waals surface area contributed by atoms with Crippen LogP contribution in [0.3, 0.4) is 0 Å². The van der Waals surface area contributed by atoms with Crippen LogP contribution >= 0.6 is 0 Å². The van der Waals surface area contributed by atoms with Crippen molar-refractivity contribution in [2.45, 2.75) is 0 Å². The van der Waals surface area contributed by atoms with Gasteiger partial charge in [0, 0.05) is 25.3 Å². The summed E-state index contributed by atoms with van der Waals surface area (Å²) in [5, 5.41) is 22.7. The normalized spacial score (nSPS) is 10.2. The number of nitrogens with zero attached hydrogens (tertiary/aromatic N) is 7. The quantitative estimate of drug-likeness (QED) is 0.722. The Morgan fingerprint density at radius 3 is 2.27 bits per heavy atom. The highest BCUT2D eigenvalue weighted by atomic mass is 15.4. The molecule has 0 spiro atoms. The standard InChI is InChI=1S/C17H15N9/c1-25(2)12-5-3-10(4-6-12)14-13(8-19)16(21)24-26(14)17-22-9-11(7-18)15(20)23-17/h3-6,9H,1-2H3,(H2,21,24)(H2,20,22,23). The number of hydrogen-bond acceptors (Lipinski definition) is 8. The molecule has 0 amide bonds. The Morgan fingerprint density at radius 2 is 1.73 bits per heavy atom. The summed E-state index contributed by atoms with van der Waals surface area (Å²) in [4.78, 5) is 10.2. The molecular formula is C17H15N9. The second-order valence-corrected chi connectivity index (χ2v) is 5.65. The molecule has 2 heterocycles. The Kier molecular flexibility index (Phi) is 4.13. The maximum Gasteiger partial charge on any atom is 0.253 e. The number of nitriles is 2. The summed E-state index contributed by atoms with van der Waals surface area (Å²) in [6.45, 7) is 0. The van der Waals surface area contributed by atoms with E-state index in [0.29, 0.717) is 5.69 Å². The zero-order valence-electron chi connectivity index (χ0n) is 14.2. The molecule has 0 aliphatic carbocycles. The van der Waals surface area contributed by atoms with E-state index in [4.69, 9.17) is 16.7 Å². The zero-order chi connectivity index (χ0) is 18.8. The molecule has 0 aliphatic rings. The topological polar surface area (TPSA) is 146 Å². The first-order valence-electron chi connectivity index (χ1n) is 7.55. The average molecular weight is 345 g/mol. The molecular weight excluding hydrogens is 330 g/mol. The lowest BCUT2D eigenvalue weighted by molar-refractivity contribution is 0.820. The van der Waals surface area contributed by atoms with Crippen molar-refractivity contribution in [1.29, 1.82) is 10.5 Å². The summed E-state index contributed by atoms with van der Waals surface area (Å²) in [5.41, 5.74) is 14.2. The second kappa shape index (κ2) is 6.42. The molecule has 1 aromatic carbocycles. The summed E-state index contributed by atoms with van der Waals surface area (Å²) >= 11 is 0. The number of aromatic nitrogens is 4. The van der Waals surface area contributed by atoms with Gasteiger partial charge in [-0.25, -0.2) is 4.98 Å². The van der Waals surface area contributed by atoms with E-state index in [2.05, 4.69) is 21.1 Å². The van der Waals surface area contributed by atoms with Gasteiger partial charge in [0.15, 0.2) is 5.82 Å². The van der Waals surface area contributed by atoms with Crippen LogP contribution in [0.1, 0.15) is 11.1 Å². The summed E-state index contributed by atoms with van der Waals surface area (Å²) in [5.74, 6) is 0.214. The molecule has 3 aromatic rings. The lowest BCUT2D eigenvalue weighted by Gasteiger charge is -2.13. The number of anilines is 3. The molecule has 0 saturated heterocycles. The van der Waals surface area contributed by atoms with Crippen molar-refractivity contribution < 1.29 is 0 Å². The Hall–Kier alpha value is -4.11. The smallest absolute Gasteiger partial charge is 0.253 e. The van der Waals surface area contributed by atoms with Crippen LogP contribution in [0.15, 0.2) is 30.5 Å². The van der Waals surface area contributed by atoms with Crippen LogP contribution in [0.4, 0.5) is 17.3 Å². The minimum absolute atomic E-state index is 0.0268. The molecule has 4 N–H and O–H groups in total. The van der Waals surface area contributed by atoms with Gasteiger partial charge >= 0.3 is 0 Å². The number of hydrogen-bond donors (Lipinski definition) is 2. The molecule has 9 heteroatoms. The van der Waals surface area contributed by atoms with Crippen molar-refractivity contribution in [3.8, 4) is 29.3 Å². The lowest BCUT2D eigenvalue weighted by Crippen LogP contribution is -2.09. The molecule has 0 atom stereocenters. The Morgan fingerprint density at radius 1 is 1.04 bits per heavy atom. The summed E-state index contributed by atoms with van der Waals surface area (Å²) in [7, 11) is 3.87. The molecule has 0 unspecified atom stereocenters. The first-order chi connectivity index (χ1) is 12.5. The largest absolute Gasteiger partial charge is 0.382 e. The van der Waals surface area contributed by atoms with Gasteiger partial charge in [0.2, 0.25) is 0 Å². The number of benzene rings is 1. The van der Waals surface area contributed by atoms with Crippen LogP contribution in [-0.2, 0) is 0 Å². The van der Waals surface area contributed by atoms with Crippen molar-refractivity contribution in [3.63, 3.8) is 0 Å². The SMILES string of the molecule is CN(C)c1ccc(-c2c(C#N)c(N)nn2-c2ncc(C#N)c(N)n2)cc1. The zero-order valence-corrected chi connectivity index (χ0v) is 14.2. The minimum atomic E-state index is 0.0268. The Bertz CT molecular complexity index is 1050. The number of nitrogen functional groups attached to an aromatic ring is 2. The Balaban J connectivity index is 2.21. The van der Waals surface area contributed by atoms with Gasteiger partial charge in [0.1, 0.15) is 29.1 Å². The van der Waals surface area contributed by atoms with Gasteiger partial charge < -0.3 is 16.4 Å². The van der Waals surface area contributed by atoms with Gasteiger partial charge in [0.05, 0.1) is 11.9 Å². The van der Waals surface area contributed by atoms with Gasteiger partial charge in [-0.2, -0.15) is 20.2 Å². The highest BCUT2D eigenvalue weighted by Gasteiger charge is 2.21. The summed E-state index contributed by atoms with van der Waals surface area (Å²) < 4.78 is 1.36. The van der Waals surface area contributed by atoms with Crippen LogP contribution in [0, 0.1) is 22.7 Å². The molecule has 128 valence electrons. The first-order valence-corrected chi connectivity index (χ1v) is 7.55. The van der Waals surface area contributed by atoms with E-state index in [-0.39, 0.29) is 28.7 Å². The van der Waals surface area contributed by atoms with E-state index < -0.39 is 0 Å². The molecule has 26 heavy (non-hydrogen) atoms. The number of rotatable bonds is 3. The van der Waals surface area contributed by atoms with E-state index >= 15 is 0 Å². The molecule has 3 rings (SSSR count). The van der Waals surface area contributed by atoms with Crippen molar-refractivity contribution in [1.82, 2.24) is 19.7 Å². The fourth-order valence-electron chi connectivity index (χ4n) is 2.45. The third-order valence-electron chi connectivity index (χ3n) is 3.80. The van der Waals surface area contributed by atoms with Crippen molar-refractivity contribution >= 4 is 17.3 Å². The average Bonchev–Trinajstić information content (AvgIpc) is 2.98. The van der Waals surface area contributed by atoms with E-state index in [1.165, 1.54) is 10.9 Å². The minimum Gasteiger partial charge on any atom is -0.382 e. The van der Waals surface area contributed by atoms with Gasteiger partial charge in [-0.1, -0.05) is 12.1 Å². The third-order valence-corrected chi connectivity index (χ3v) is 3.80. The summed E-state index contributed by atoms with van der Waals surface area (Å²) in [6, 6.07) is 11.5. The molecule has 0 radical (unpaired) electrons. The monoisotopic (exact) mass is 345 g/mol. The van der Waals surface area contributed by atoms with Crippen LogP contribution in [0.5, 0.6) is 0 Å². The van der Waals surface area contributed by atoms with Crippen molar-refractivity contribution in [2.24, 2.45) is 0 Å². The summed E-state index contributed by atoms with van der Waals surface area (Å²) in [6.07, 6.45) is 1.31. The fraction of sp³-hybridized carbons (Fsp3) is 0.118. The van der Waals surface area contributed by atoms with Crippen LogP contribution in [0.2, 0.25) is 0 Å². The van der Waals surface area contributed by atoms with Gasteiger partial charge in [0.25, 0.3) is 5.95 Å². The van der Waals surface area contributed by atoms with Crippen LogP contribution in [0.25, 0.3) is 17.2 Å². The highest BCUT2D eigenvalue weighted by Crippen LogP contribution is 2.30. The van der Waals surface area contributed by atoms with Crippen LogP contribution < -0.4 is 16.4 Å². The third kappa shape index (κ3) is 2.74. The molecule has 0 fully saturated rings. The van der Waals surface area contributed by atoms with Gasteiger partial charge in [-0.3, -0.25) is 0 Å². The molecule has 0 saturated carbocycles. The van der Waals surface area contributed by atoms with E-state index in [0.717, 1.165) is 11.3 Å². The molecule has 0 bridgehead atoms. The van der Waals surface area contributed by atoms with E-state index in [9.17, 15) is 5.26 Å². The van der Waals surface area contributed by atoms with Crippen LogP contribution in [-0.4, -0.2) is 33.8 Å². The number of nitrogens with two attached hydrogens (primary N) is 2. The molecule has 0 aliphatic heterocycles. The second-order valence-electron chi connectivity index (χ2n) is 5.65. The van der Waals surface area contributed by atoms with E-state index in [1.807, 2.05) is 49.3 Å². The fourth-order valence-corrected chi connectivity index (χ4v) is 2.45. The van der Waals surface area contributed by atoms with Gasteiger partial charge in [-0.15, -0.1) is 5.10 Å². The van der Waals surface area contributed by atoms with Gasteiger partial charge in [-0.05, 0) is 12.1 Å². The first kappa shape index (κ1) is 16.7. The lowest BCUT2D eigenvalue weighted by atomic mass is 10.1. The van der Waals surface area contributed by atoms with Crippen molar-refractivity contribution in [3.05, 3.63) is 41.6 Å². The Labute approximate surface area is 149 Å². The van der Waals surface area contributed by atoms with Crippen molar-refractivity contribution in [2.75, 3.05) is 30.5 Å². The predicted octanol–water partition coefficient (Wildman–Crippen LogP) is 1.30. The highest BCUT2D eigenvalue weighted by molar-refractivity contribution is 5.75. The maximum absolute atomic E-state index is 9.50.